The number of aliphatic hydroxyl groups is 1. The van der Waals surface area contributed by atoms with Crippen molar-refractivity contribution in [1.29, 1.82) is 0 Å². The summed E-state index contributed by atoms with van der Waals surface area (Å²) in [5.41, 5.74) is 1.39. The molecule has 0 aliphatic heterocycles. The molecule has 1 aromatic carbocycles. The predicted octanol–water partition coefficient (Wildman–Crippen LogP) is 2.37. The molecule has 1 unspecified atom stereocenters. The number of carbonyl (C=O) groups excluding carboxylic acids is 1. The van der Waals surface area contributed by atoms with Gasteiger partial charge in [-0.2, -0.15) is 0 Å². The first-order valence-electron chi connectivity index (χ1n) is 6.87. The molecule has 2 aromatic rings. The minimum absolute atomic E-state index is 0.0487. The maximum atomic E-state index is 12.4. The molecular weight excluding hydrogens is 252 g/mol. The normalized spacial score (nSPS) is 12.6. The van der Waals surface area contributed by atoms with E-state index in [0.29, 0.717) is 11.5 Å². The molecule has 2 N–H and O–H groups in total. The zero-order chi connectivity index (χ0) is 14.5. The van der Waals surface area contributed by atoms with Crippen molar-refractivity contribution in [2.75, 3.05) is 6.61 Å². The highest BCUT2D eigenvalue weighted by Gasteiger charge is 2.16. The lowest BCUT2D eigenvalue weighted by atomic mass is 10.0. The number of carbonyl (C=O) groups is 1. The second kappa shape index (κ2) is 6.48. The molecule has 0 saturated heterocycles. The molecule has 1 aromatic heterocycles. The summed E-state index contributed by atoms with van der Waals surface area (Å²) in [5.74, 6) is 0.255. The lowest BCUT2D eigenvalue weighted by molar-refractivity contribution is 0.0910. The van der Waals surface area contributed by atoms with Crippen molar-refractivity contribution in [3.05, 3.63) is 42.1 Å². The molecule has 0 aliphatic rings. The molecule has 0 bridgehead atoms. The second-order valence-corrected chi connectivity index (χ2v) is 5.36. The van der Waals surface area contributed by atoms with Crippen molar-refractivity contribution in [2.24, 2.45) is 5.92 Å². The van der Waals surface area contributed by atoms with Crippen molar-refractivity contribution < 1.29 is 9.90 Å². The van der Waals surface area contributed by atoms with E-state index in [0.717, 1.165) is 17.3 Å². The van der Waals surface area contributed by atoms with Gasteiger partial charge >= 0.3 is 0 Å². The van der Waals surface area contributed by atoms with Crippen LogP contribution in [0.4, 0.5) is 0 Å². The topological polar surface area (TPSA) is 62.2 Å². The standard InChI is InChI=1S/C16H20N2O2/c1-11(2)9-12(10-19)18-16(20)14-7-8-17-15-6-4-3-5-13(14)15/h3-8,11-12,19H,9-10H2,1-2H3,(H,18,20). The van der Waals surface area contributed by atoms with Crippen molar-refractivity contribution >= 4 is 16.8 Å². The fourth-order valence-corrected chi connectivity index (χ4v) is 2.31. The van der Waals surface area contributed by atoms with Crippen LogP contribution in [-0.4, -0.2) is 28.6 Å². The third kappa shape index (κ3) is 3.33. The van der Waals surface area contributed by atoms with Gasteiger partial charge in [0.15, 0.2) is 0 Å². The van der Waals surface area contributed by atoms with E-state index in [4.69, 9.17) is 0 Å². The van der Waals surface area contributed by atoms with Gasteiger partial charge in [0.05, 0.1) is 23.7 Å². The number of hydrogen-bond acceptors (Lipinski definition) is 3. The lowest BCUT2D eigenvalue weighted by Gasteiger charge is -2.18. The van der Waals surface area contributed by atoms with E-state index < -0.39 is 0 Å². The smallest absolute Gasteiger partial charge is 0.252 e. The van der Waals surface area contributed by atoms with Gasteiger partial charge < -0.3 is 10.4 Å². The molecule has 1 amide bonds. The summed E-state index contributed by atoms with van der Waals surface area (Å²) in [6, 6.07) is 9.04. The first-order valence-corrected chi connectivity index (χ1v) is 6.87. The number of fused-ring (bicyclic) bond motifs is 1. The number of pyridine rings is 1. The van der Waals surface area contributed by atoms with E-state index in [9.17, 15) is 9.90 Å². The van der Waals surface area contributed by atoms with E-state index in [1.54, 1.807) is 12.3 Å². The van der Waals surface area contributed by atoms with Gasteiger partial charge in [0.1, 0.15) is 0 Å². The molecule has 0 radical (unpaired) electrons. The van der Waals surface area contributed by atoms with Gasteiger partial charge in [-0.15, -0.1) is 0 Å². The highest BCUT2D eigenvalue weighted by molar-refractivity contribution is 6.06. The summed E-state index contributed by atoms with van der Waals surface area (Å²) >= 11 is 0. The molecule has 2 rings (SSSR count). The fourth-order valence-electron chi connectivity index (χ4n) is 2.31. The van der Waals surface area contributed by atoms with Crippen LogP contribution in [0, 0.1) is 5.92 Å². The van der Waals surface area contributed by atoms with Gasteiger partial charge in [0.2, 0.25) is 0 Å². The number of rotatable bonds is 5. The van der Waals surface area contributed by atoms with E-state index in [1.165, 1.54) is 0 Å². The molecule has 4 heteroatoms. The second-order valence-electron chi connectivity index (χ2n) is 5.36. The zero-order valence-corrected chi connectivity index (χ0v) is 11.8. The van der Waals surface area contributed by atoms with Crippen molar-refractivity contribution in [1.82, 2.24) is 10.3 Å². The van der Waals surface area contributed by atoms with Gasteiger partial charge in [0, 0.05) is 11.6 Å². The largest absolute Gasteiger partial charge is 0.394 e. The SMILES string of the molecule is CC(C)CC(CO)NC(=O)c1ccnc2ccccc12. The van der Waals surface area contributed by atoms with Crippen LogP contribution in [0.1, 0.15) is 30.6 Å². The monoisotopic (exact) mass is 272 g/mol. The number of nitrogens with one attached hydrogen (secondary N) is 1. The Labute approximate surface area is 118 Å². The van der Waals surface area contributed by atoms with Gasteiger partial charge in [0.25, 0.3) is 5.91 Å². The molecule has 0 aliphatic carbocycles. The third-order valence-electron chi connectivity index (χ3n) is 3.21. The van der Waals surface area contributed by atoms with Crippen LogP contribution in [0.5, 0.6) is 0 Å². The Hall–Kier alpha value is -1.94. The average molecular weight is 272 g/mol. The Kier molecular flexibility index (Phi) is 4.69. The zero-order valence-electron chi connectivity index (χ0n) is 11.8. The Morgan fingerprint density at radius 1 is 1.30 bits per heavy atom. The molecule has 1 heterocycles. The van der Waals surface area contributed by atoms with Crippen LogP contribution < -0.4 is 5.32 Å². The van der Waals surface area contributed by atoms with E-state index in [2.05, 4.69) is 24.1 Å². The van der Waals surface area contributed by atoms with Gasteiger partial charge in [-0.05, 0) is 24.5 Å². The molecule has 0 spiro atoms. The summed E-state index contributed by atoms with van der Waals surface area (Å²) in [6.07, 6.45) is 2.39. The highest BCUT2D eigenvalue weighted by Crippen LogP contribution is 2.16. The van der Waals surface area contributed by atoms with Crippen LogP contribution in [0.15, 0.2) is 36.5 Å². The number of aliphatic hydroxyl groups excluding tert-OH is 1. The summed E-state index contributed by atoms with van der Waals surface area (Å²) in [6.45, 7) is 4.08. The highest BCUT2D eigenvalue weighted by atomic mass is 16.3. The Balaban J connectivity index is 2.23. The van der Waals surface area contributed by atoms with Crippen LogP contribution in [-0.2, 0) is 0 Å². The first kappa shape index (κ1) is 14.5. The van der Waals surface area contributed by atoms with Gasteiger partial charge in [-0.25, -0.2) is 0 Å². The van der Waals surface area contributed by atoms with Gasteiger partial charge in [-0.1, -0.05) is 32.0 Å². The summed E-state index contributed by atoms with van der Waals surface area (Å²) in [5, 5.41) is 13.1. The van der Waals surface area contributed by atoms with Crippen LogP contribution >= 0.6 is 0 Å². The van der Waals surface area contributed by atoms with E-state index >= 15 is 0 Å². The molecule has 4 nitrogen and oxygen atoms in total. The number of amides is 1. The van der Waals surface area contributed by atoms with Crippen LogP contribution in [0.2, 0.25) is 0 Å². The Morgan fingerprint density at radius 3 is 2.75 bits per heavy atom. The Bertz CT molecular complexity index is 591. The molecular formula is C16H20N2O2. The molecule has 0 fully saturated rings. The van der Waals surface area contributed by atoms with Crippen LogP contribution in [0.25, 0.3) is 10.9 Å². The number of aromatic nitrogens is 1. The molecule has 106 valence electrons. The van der Waals surface area contributed by atoms with Crippen molar-refractivity contribution in [3.8, 4) is 0 Å². The van der Waals surface area contributed by atoms with Crippen molar-refractivity contribution in [3.63, 3.8) is 0 Å². The van der Waals surface area contributed by atoms with E-state index in [-0.39, 0.29) is 18.6 Å². The van der Waals surface area contributed by atoms with Gasteiger partial charge in [-0.3, -0.25) is 9.78 Å². The maximum absolute atomic E-state index is 12.4. The third-order valence-corrected chi connectivity index (χ3v) is 3.21. The predicted molar refractivity (Wildman–Crippen MR) is 79.5 cm³/mol. The minimum Gasteiger partial charge on any atom is -0.394 e. The lowest BCUT2D eigenvalue weighted by Crippen LogP contribution is -2.38. The molecule has 0 saturated carbocycles. The molecule has 20 heavy (non-hydrogen) atoms. The quantitative estimate of drug-likeness (QED) is 0.878. The van der Waals surface area contributed by atoms with Crippen molar-refractivity contribution in [2.45, 2.75) is 26.3 Å². The summed E-state index contributed by atoms with van der Waals surface area (Å²) in [7, 11) is 0. The summed E-state index contributed by atoms with van der Waals surface area (Å²) < 4.78 is 0. The van der Waals surface area contributed by atoms with E-state index in [1.807, 2.05) is 24.3 Å². The number of nitrogens with zero attached hydrogens (tertiary/aromatic N) is 1. The first-order chi connectivity index (χ1) is 9.61. The maximum Gasteiger partial charge on any atom is 0.252 e. The number of hydrogen-bond donors (Lipinski definition) is 2. The number of benzene rings is 1. The molecule has 1 atom stereocenters. The van der Waals surface area contributed by atoms with Crippen LogP contribution in [0.3, 0.4) is 0 Å². The minimum atomic E-state index is -0.213. The average Bonchev–Trinajstić information content (AvgIpc) is 2.45. The fraction of sp³-hybridized carbons (Fsp3) is 0.375. The Morgan fingerprint density at radius 2 is 2.05 bits per heavy atom. The summed E-state index contributed by atoms with van der Waals surface area (Å²) in [4.78, 5) is 16.6. The number of para-hydroxylation sites is 1.